The third-order valence-electron chi connectivity index (χ3n) is 0.941. The molecule has 0 aliphatic rings. The summed E-state index contributed by atoms with van der Waals surface area (Å²) in [6.07, 6.45) is 4.10. The molecule has 0 aromatic carbocycles. The lowest BCUT2D eigenvalue weighted by atomic mass is 11.3. The molecular weight excluding hydrogens is 108 g/mol. The van der Waals surface area contributed by atoms with Crippen molar-refractivity contribution in [3.8, 4) is 0 Å². The Morgan fingerprint density at radius 1 is 1.29 bits per heavy atom. The molecule has 0 heterocycles. The molecule has 0 amide bonds. The molecule has 0 aliphatic heterocycles. The second kappa shape index (κ2) is 2.03. The smallest absolute Gasteiger partial charge is 0.00327 e. The van der Waals surface area contributed by atoms with Crippen molar-refractivity contribution in [3.05, 3.63) is 0 Å². The zero-order chi connectivity index (χ0) is 6.08. The molecule has 2 nitrogen and oxygen atoms in total. The lowest BCUT2D eigenvalue weighted by molar-refractivity contribution is 0.685. The van der Waals surface area contributed by atoms with Crippen LogP contribution in [0.1, 0.15) is 0 Å². The molecule has 46 valence electrons. The molecule has 0 spiro atoms. The fourth-order valence-electron chi connectivity index (χ4n) is 0. The summed E-state index contributed by atoms with van der Waals surface area (Å²) in [7, 11) is 3.08. The summed E-state index contributed by atoms with van der Waals surface area (Å²) in [6.45, 7) is 0. The SMILES string of the molecule is CN(C)S(C)(C)N. The minimum absolute atomic E-state index is 0.907. The van der Waals surface area contributed by atoms with Crippen molar-refractivity contribution in [1.29, 1.82) is 0 Å². The summed E-state index contributed by atoms with van der Waals surface area (Å²) in [5, 5.41) is 5.69. The first-order valence-corrected chi connectivity index (χ1v) is 4.60. The van der Waals surface area contributed by atoms with Crippen molar-refractivity contribution in [3.63, 3.8) is 0 Å². The monoisotopic (exact) mass is 122 g/mol. The van der Waals surface area contributed by atoms with Crippen molar-refractivity contribution in [2.24, 2.45) is 5.14 Å². The number of hydrogen-bond acceptors (Lipinski definition) is 2. The first-order chi connectivity index (χ1) is 2.94. The van der Waals surface area contributed by atoms with E-state index in [4.69, 9.17) is 5.14 Å². The highest BCUT2D eigenvalue weighted by atomic mass is 32.3. The van der Waals surface area contributed by atoms with E-state index in [1.807, 2.05) is 30.9 Å². The zero-order valence-electron chi connectivity index (χ0n) is 5.43. The number of hydrogen-bond donors (Lipinski definition) is 1. The van der Waals surface area contributed by atoms with E-state index >= 15 is 0 Å². The maximum absolute atomic E-state index is 5.69. The van der Waals surface area contributed by atoms with E-state index in [1.165, 1.54) is 0 Å². The Hall–Kier alpha value is 0.270. The summed E-state index contributed by atoms with van der Waals surface area (Å²) < 4.78 is 2.05. The van der Waals surface area contributed by atoms with Gasteiger partial charge < -0.3 is 0 Å². The van der Waals surface area contributed by atoms with Crippen molar-refractivity contribution >= 4 is 10.4 Å². The van der Waals surface area contributed by atoms with Gasteiger partial charge in [0.25, 0.3) is 0 Å². The minimum Gasteiger partial charge on any atom is -0.284 e. The summed E-state index contributed by atoms with van der Waals surface area (Å²) in [6, 6.07) is 0. The molecule has 0 aromatic heterocycles. The van der Waals surface area contributed by atoms with Gasteiger partial charge in [0.15, 0.2) is 0 Å². The number of nitrogens with zero attached hydrogens (tertiary/aromatic N) is 1. The highest BCUT2D eigenvalue weighted by molar-refractivity contribution is 8.28. The maximum Gasteiger partial charge on any atom is -0.00327 e. The van der Waals surface area contributed by atoms with Gasteiger partial charge in [0.2, 0.25) is 0 Å². The maximum atomic E-state index is 5.69. The average Bonchev–Trinajstić information content (AvgIpc) is 1.31. The second-order valence-electron chi connectivity index (χ2n) is 2.16. The van der Waals surface area contributed by atoms with E-state index in [0.29, 0.717) is 0 Å². The number of nitrogens with two attached hydrogens (primary N) is 1. The molecule has 7 heavy (non-hydrogen) atoms. The fourth-order valence-corrected chi connectivity index (χ4v) is 0. The molecule has 0 unspecified atom stereocenters. The lowest BCUT2D eigenvalue weighted by Crippen LogP contribution is -2.23. The topological polar surface area (TPSA) is 29.3 Å². The largest absolute Gasteiger partial charge is 0.284 e. The Bertz CT molecular complexity index is 55.2. The van der Waals surface area contributed by atoms with Gasteiger partial charge in [0, 0.05) is 0 Å². The van der Waals surface area contributed by atoms with Gasteiger partial charge >= 0.3 is 0 Å². The van der Waals surface area contributed by atoms with Crippen molar-refractivity contribution in [2.45, 2.75) is 0 Å². The molecule has 0 saturated heterocycles. The summed E-state index contributed by atoms with van der Waals surface area (Å²) >= 11 is 0. The Kier molecular flexibility index (Phi) is 2.10. The Labute approximate surface area is 47.3 Å². The lowest BCUT2D eigenvalue weighted by Gasteiger charge is -2.33. The van der Waals surface area contributed by atoms with Crippen LogP contribution in [0.5, 0.6) is 0 Å². The Morgan fingerprint density at radius 3 is 1.43 bits per heavy atom. The van der Waals surface area contributed by atoms with Crippen LogP contribution in [0.4, 0.5) is 0 Å². The van der Waals surface area contributed by atoms with Crippen LogP contribution in [0.2, 0.25) is 0 Å². The summed E-state index contributed by atoms with van der Waals surface area (Å²) in [5.74, 6) is 0. The quantitative estimate of drug-likeness (QED) is 0.545. The Morgan fingerprint density at radius 2 is 1.43 bits per heavy atom. The van der Waals surface area contributed by atoms with Gasteiger partial charge in [-0.05, 0) is 26.6 Å². The molecule has 2 N–H and O–H groups in total. The van der Waals surface area contributed by atoms with E-state index in [9.17, 15) is 0 Å². The van der Waals surface area contributed by atoms with Gasteiger partial charge in [-0.25, -0.2) is 0 Å². The predicted molar refractivity (Wildman–Crippen MR) is 37.3 cm³/mol. The number of rotatable bonds is 1. The van der Waals surface area contributed by atoms with E-state index in [-0.39, 0.29) is 0 Å². The average molecular weight is 122 g/mol. The second-order valence-corrected chi connectivity index (χ2v) is 5.59. The van der Waals surface area contributed by atoms with Crippen LogP contribution >= 0.6 is 10.4 Å². The van der Waals surface area contributed by atoms with Crippen LogP contribution in [0, 0.1) is 0 Å². The van der Waals surface area contributed by atoms with Crippen LogP contribution in [-0.4, -0.2) is 30.9 Å². The van der Waals surface area contributed by atoms with Crippen LogP contribution in [0.25, 0.3) is 0 Å². The van der Waals surface area contributed by atoms with Crippen LogP contribution in [0.3, 0.4) is 0 Å². The van der Waals surface area contributed by atoms with Crippen LogP contribution in [-0.2, 0) is 0 Å². The van der Waals surface area contributed by atoms with Gasteiger partial charge in [-0.3, -0.25) is 9.44 Å². The van der Waals surface area contributed by atoms with Gasteiger partial charge in [-0.2, -0.15) is 0 Å². The fraction of sp³-hybridized carbons (Fsp3) is 1.00. The first-order valence-electron chi connectivity index (χ1n) is 2.13. The molecule has 0 aromatic rings. The van der Waals surface area contributed by atoms with Crippen LogP contribution < -0.4 is 5.14 Å². The molecule has 0 radical (unpaired) electrons. The molecule has 0 saturated carbocycles. The first kappa shape index (κ1) is 7.27. The standard InChI is InChI=1S/C4H14N2S/c1-6(2)7(3,4)5/h5H2,1-4H3. The highest BCUT2D eigenvalue weighted by Crippen LogP contribution is 2.30. The van der Waals surface area contributed by atoms with E-state index < -0.39 is 10.4 Å². The van der Waals surface area contributed by atoms with Crippen molar-refractivity contribution < 1.29 is 0 Å². The van der Waals surface area contributed by atoms with E-state index in [1.54, 1.807) is 0 Å². The summed E-state index contributed by atoms with van der Waals surface area (Å²) in [4.78, 5) is 0. The van der Waals surface area contributed by atoms with E-state index in [0.717, 1.165) is 0 Å². The molecule has 0 atom stereocenters. The third-order valence-corrected chi connectivity index (χ3v) is 2.82. The third kappa shape index (κ3) is 2.91. The van der Waals surface area contributed by atoms with Crippen LogP contribution in [0.15, 0.2) is 0 Å². The molecule has 3 heteroatoms. The highest BCUT2D eigenvalue weighted by Gasteiger charge is 2.03. The van der Waals surface area contributed by atoms with Gasteiger partial charge in [-0.1, -0.05) is 0 Å². The predicted octanol–water partition coefficient (Wildman–Crippen LogP) is 0.401. The molecule has 0 bridgehead atoms. The summed E-state index contributed by atoms with van der Waals surface area (Å²) in [5.41, 5.74) is 0. The van der Waals surface area contributed by atoms with Gasteiger partial charge in [0.05, 0.1) is 0 Å². The van der Waals surface area contributed by atoms with Crippen molar-refractivity contribution in [2.75, 3.05) is 26.6 Å². The molecule has 0 aliphatic carbocycles. The van der Waals surface area contributed by atoms with Gasteiger partial charge in [0.1, 0.15) is 0 Å². The normalized spacial score (nSPS) is 15.1. The van der Waals surface area contributed by atoms with Gasteiger partial charge in [-0.15, -0.1) is 10.4 Å². The Balaban J connectivity index is 3.54. The minimum atomic E-state index is -0.907. The molecular formula is C4H14N2S. The molecule has 0 rings (SSSR count). The zero-order valence-corrected chi connectivity index (χ0v) is 6.25. The van der Waals surface area contributed by atoms with E-state index in [2.05, 4.69) is 0 Å². The van der Waals surface area contributed by atoms with Crippen molar-refractivity contribution in [1.82, 2.24) is 4.31 Å². The molecule has 0 fully saturated rings.